The Morgan fingerprint density at radius 2 is 2.22 bits per heavy atom. The summed E-state index contributed by atoms with van der Waals surface area (Å²) in [5.74, 6) is 0. The van der Waals surface area contributed by atoms with Crippen molar-refractivity contribution in [3.05, 3.63) is 0 Å². The molecule has 0 N–H and O–H groups in total. The molecule has 0 saturated carbocycles. The van der Waals surface area contributed by atoms with Gasteiger partial charge in [0.25, 0.3) is 0 Å². The Morgan fingerprint density at radius 1 is 1.44 bits per heavy atom. The van der Waals surface area contributed by atoms with E-state index < -0.39 is 0 Å². The second-order valence-corrected chi connectivity index (χ2v) is 3.61. The number of rotatable bonds is 1. The van der Waals surface area contributed by atoms with Gasteiger partial charge in [0, 0.05) is 43.4 Å². The maximum absolute atomic E-state index is 5.52. The average molecular weight is 174 g/mol. The molecule has 1 aliphatic rings. The Balaban J connectivity index is 0.000000640. The van der Waals surface area contributed by atoms with Crippen LogP contribution in [0, 0.1) is 0 Å². The first kappa shape index (κ1) is 9.96. The van der Waals surface area contributed by atoms with Gasteiger partial charge in [-0.05, 0) is 19.3 Å². The molecular weight excluding hydrogens is 163 g/mol. The van der Waals surface area contributed by atoms with Gasteiger partial charge in [-0.25, -0.2) is 0 Å². The number of hydrogen-bond donors (Lipinski definition) is 0. The molecule has 0 aromatic rings. The van der Waals surface area contributed by atoms with Crippen LogP contribution < -0.4 is 0 Å². The topological polar surface area (TPSA) is 9.23 Å². The van der Waals surface area contributed by atoms with Crippen molar-refractivity contribution < 1.29 is 26.5 Å². The molecular formula is C5H11BOSiTi. The van der Waals surface area contributed by atoms with Crippen molar-refractivity contribution in [3.63, 3.8) is 0 Å². The van der Waals surface area contributed by atoms with Crippen molar-refractivity contribution in [3.8, 4) is 0 Å². The second-order valence-electron chi connectivity index (χ2n) is 2.22. The first-order valence-corrected chi connectivity index (χ1v) is 4.88. The molecule has 1 saturated heterocycles. The summed E-state index contributed by atoms with van der Waals surface area (Å²) in [5, 5.41) is 0. The minimum absolute atomic E-state index is 0. The average Bonchev–Trinajstić information content (AvgIpc) is 1.90. The van der Waals surface area contributed by atoms with Gasteiger partial charge in [-0.3, -0.25) is 0 Å². The van der Waals surface area contributed by atoms with Gasteiger partial charge < -0.3 is 4.74 Å². The normalized spacial score (nSPS) is 28.2. The molecule has 1 atom stereocenters. The summed E-state index contributed by atoms with van der Waals surface area (Å²) in [6.07, 6.45) is 3.79. The maximum atomic E-state index is 5.52. The minimum atomic E-state index is -0.354. The van der Waals surface area contributed by atoms with E-state index in [2.05, 4.69) is 0 Å². The first-order valence-electron chi connectivity index (χ1n) is 3.25. The van der Waals surface area contributed by atoms with Crippen LogP contribution in [0.1, 0.15) is 19.3 Å². The molecule has 1 fully saturated rings. The van der Waals surface area contributed by atoms with Crippen molar-refractivity contribution in [1.29, 1.82) is 0 Å². The monoisotopic (exact) mass is 174 g/mol. The minimum Gasteiger partial charge on any atom is -0.383 e. The SMILES string of the molecule is [B][SiH2]C1CCCCO1.[Ti]. The van der Waals surface area contributed by atoms with E-state index in [1.165, 1.54) is 19.3 Å². The zero-order chi connectivity index (χ0) is 5.82. The summed E-state index contributed by atoms with van der Waals surface area (Å²) in [6, 6.07) is 0. The summed E-state index contributed by atoms with van der Waals surface area (Å²) < 4.78 is 5.36. The molecule has 9 heavy (non-hydrogen) atoms. The maximum Gasteiger partial charge on any atom is 0.0513 e. The summed E-state index contributed by atoms with van der Waals surface area (Å²) >= 11 is 0. The summed E-state index contributed by atoms with van der Waals surface area (Å²) in [5.41, 5.74) is 0.503. The number of hydrogen-bond acceptors (Lipinski definition) is 1. The fourth-order valence-corrected chi connectivity index (χ4v) is 1.82. The Bertz CT molecular complexity index is 68.0. The Morgan fingerprint density at radius 3 is 2.56 bits per heavy atom. The third-order valence-electron chi connectivity index (χ3n) is 1.54. The van der Waals surface area contributed by atoms with Gasteiger partial charge in [0.2, 0.25) is 0 Å². The van der Waals surface area contributed by atoms with Crippen molar-refractivity contribution in [2.24, 2.45) is 0 Å². The van der Waals surface area contributed by atoms with Crippen molar-refractivity contribution >= 4 is 16.8 Å². The molecule has 0 spiro atoms. The zero-order valence-corrected chi connectivity index (χ0v) is 8.57. The van der Waals surface area contributed by atoms with Crippen molar-refractivity contribution in [2.75, 3.05) is 6.61 Å². The van der Waals surface area contributed by atoms with Crippen LogP contribution >= 0.6 is 0 Å². The van der Waals surface area contributed by atoms with Crippen LogP contribution in [0.2, 0.25) is 0 Å². The van der Waals surface area contributed by atoms with E-state index in [0.717, 1.165) is 6.61 Å². The Kier molecular flexibility index (Phi) is 6.33. The fraction of sp³-hybridized carbons (Fsp3) is 1.00. The van der Waals surface area contributed by atoms with Crippen LogP contribution in [0.3, 0.4) is 0 Å². The van der Waals surface area contributed by atoms with E-state index in [-0.39, 0.29) is 31.1 Å². The first-order chi connectivity index (χ1) is 3.93. The van der Waals surface area contributed by atoms with Crippen LogP contribution in [0.15, 0.2) is 0 Å². The Labute approximate surface area is 75.0 Å². The largest absolute Gasteiger partial charge is 0.383 e. The fourth-order valence-electron chi connectivity index (χ4n) is 0.993. The van der Waals surface area contributed by atoms with Gasteiger partial charge in [0.1, 0.15) is 0 Å². The van der Waals surface area contributed by atoms with E-state index >= 15 is 0 Å². The summed E-state index contributed by atoms with van der Waals surface area (Å²) in [4.78, 5) is 0. The third kappa shape index (κ3) is 3.61. The van der Waals surface area contributed by atoms with Crippen LogP contribution in [0.4, 0.5) is 0 Å². The summed E-state index contributed by atoms with van der Waals surface area (Å²) in [6.45, 7) is 0.953. The number of ether oxygens (including phenoxy) is 1. The van der Waals surface area contributed by atoms with Crippen molar-refractivity contribution in [1.82, 2.24) is 0 Å². The van der Waals surface area contributed by atoms with E-state index in [0.29, 0.717) is 5.73 Å². The smallest absolute Gasteiger partial charge is 0.0513 e. The van der Waals surface area contributed by atoms with Gasteiger partial charge in [-0.2, -0.15) is 0 Å². The standard InChI is InChI=1S/C5H11BOSi.Ti/c6-8-5-3-1-2-4-7-5;/h5H,1-4,8H2;. The van der Waals surface area contributed by atoms with Gasteiger partial charge in [0.15, 0.2) is 0 Å². The summed E-state index contributed by atoms with van der Waals surface area (Å²) in [7, 11) is 5.16. The third-order valence-corrected chi connectivity index (χ3v) is 2.71. The predicted molar refractivity (Wildman–Crippen MR) is 37.9 cm³/mol. The van der Waals surface area contributed by atoms with Crippen LogP contribution in [-0.2, 0) is 26.5 Å². The van der Waals surface area contributed by atoms with E-state index in [1.54, 1.807) is 0 Å². The quantitative estimate of drug-likeness (QED) is 0.498. The zero-order valence-electron chi connectivity index (χ0n) is 5.60. The molecule has 2 radical (unpaired) electrons. The molecule has 1 nitrogen and oxygen atoms in total. The molecule has 1 rings (SSSR count). The van der Waals surface area contributed by atoms with Crippen LogP contribution in [0.25, 0.3) is 0 Å². The van der Waals surface area contributed by atoms with Crippen LogP contribution in [0.5, 0.6) is 0 Å². The Hall–Kier alpha value is 0.956. The molecule has 0 aromatic carbocycles. The van der Waals surface area contributed by atoms with Crippen molar-refractivity contribution in [2.45, 2.75) is 25.0 Å². The van der Waals surface area contributed by atoms with Crippen LogP contribution in [-0.4, -0.2) is 29.2 Å². The molecule has 0 aromatic heterocycles. The van der Waals surface area contributed by atoms with E-state index in [9.17, 15) is 0 Å². The van der Waals surface area contributed by atoms with Gasteiger partial charge in [-0.1, -0.05) is 0 Å². The molecule has 1 aliphatic heterocycles. The van der Waals surface area contributed by atoms with E-state index in [4.69, 9.17) is 12.2 Å². The van der Waals surface area contributed by atoms with Gasteiger partial charge >= 0.3 is 0 Å². The predicted octanol–water partition coefficient (Wildman–Crippen LogP) is -0.237. The molecule has 0 bridgehead atoms. The second kappa shape index (κ2) is 5.72. The molecule has 1 heterocycles. The molecule has 4 heteroatoms. The van der Waals surface area contributed by atoms with E-state index in [1.807, 2.05) is 0 Å². The molecule has 1 unspecified atom stereocenters. The van der Waals surface area contributed by atoms with Gasteiger partial charge in [-0.15, -0.1) is 0 Å². The molecule has 0 aliphatic carbocycles. The molecule has 48 valence electrons. The van der Waals surface area contributed by atoms with Gasteiger partial charge in [0.05, 0.1) is 7.44 Å². The molecule has 0 amide bonds.